The predicted molar refractivity (Wildman–Crippen MR) is 67.5 cm³/mol. The Labute approximate surface area is 103 Å². The maximum Gasteiger partial charge on any atom is 0.237 e. The molecule has 0 aromatic heterocycles. The van der Waals surface area contributed by atoms with Crippen LogP contribution >= 0.6 is 0 Å². The molecule has 2 N–H and O–H groups in total. The molecule has 0 saturated heterocycles. The topological polar surface area (TPSA) is 50.4 Å². The average Bonchev–Trinajstić information content (AvgIpc) is 3.11. The molecular weight excluding hydrogens is 216 g/mol. The third kappa shape index (κ3) is 4.76. The molecule has 1 amide bonds. The first-order valence-corrected chi connectivity index (χ1v) is 6.07. The summed E-state index contributed by atoms with van der Waals surface area (Å²) in [4.78, 5) is 11.6. The van der Waals surface area contributed by atoms with Crippen LogP contribution in [0.25, 0.3) is 0 Å². The summed E-state index contributed by atoms with van der Waals surface area (Å²) in [6, 6.07) is -0.191. The molecule has 1 saturated carbocycles. The molecule has 1 unspecified atom stereocenters. The third-order valence-corrected chi connectivity index (χ3v) is 3.33. The van der Waals surface area contributed by atoms with Crippen LogP contribution in [-0.4, -0.2) is 38.8 Å². The van der Waals surface area contributed by atoms with Gasteiger partial charge in [0.1, 0.15) is 0 Å². The van der Waals surface area contributed by atoms with Gasteiger partial charge in [-0.3, -0.25) is 4.79 Å². The van der Waals surface area contributed by atoms with E-state index in [4.69, 9.17) is 11.2 Å². The van der Waals surface area contributed by atoms with Crippen molar-refractivity contribution in [2.75, 3.05) is 26.8 Å². The first kappa shape index (κ1) is 14.0. The number of hydrogen-bond donors (Lipinski definition) is 2. The highest BCUT2D eigenvalue weighted by Gasteiger charge is 2.41. The summed E-state index contributed by atoms with van der Waals surface area (Å²) < 4.78 is 5.10. The van der Waals surface area contributed by atoms with Crippen molar-refractivity contribution in [3.8, 4) is 12.3 Å². The second kappa shape index (κ2) is 6.63. The van der Waals surface area contributed by atoms with Crippen molar-refractivity contribution in [3.63, 3.8) is 0 Å². The molecule has 0 spiro atoms. The number of carbonyl (C=O) groups excluding carboxylic acids is 1. The van der Waals surface area contributed by atoms with Crippen molar-refractivity contribution < 1.29 is 9.53 Å². The normalized spacial score (nSPS) is 18.2. The molecule has 1 aliphatic carbocycles. The van der Waals surface area contributed by atoms with Crippen LogP contribution in [0.5, 0.6) is 0 Å². The minimum absolute atomic E-state index is 0.0366. The number of nitrogens with one attached hydrogen (secondary N) is 2. The standard InChI is InChI=1S/C13H22N2O2/c1-4-8-14-12(16)11(2)15-10-13(5-6-13)7-9-17-3/h1,11,15H,5-10H2,2-3H3,(H,14,16). The highest BCUT2D eigenvalue weighted by atomic mass is 16.5. The van der Waals surface area contributed by atoms with Gasteiger partial charge >= 0.3 is 0 Å². The first-order chi connectivity index (χ1) is 8.13. The maximum atomic E-state index is 11.6. The number of terminal acetylenes is 1. The molecular formula is C13H22N2O2. The van der Waals surface area contributed by atoms with Crippen molar-refractivity contribution in [3.05, 3.63) is 0 Å². The van der Waals surface area contributed by atoms with Gasteiger partial charge < -0.3 is 15.4 Å². The summed E-state index contributed by atoms with van der Waals surface area (Å²) in [5, 5.41) is 5.94. The predicted octanol–water partition coefficient (Wildman–Crippen LogP) is 0.531. The molecule has 0 heterocycles. The van der Waals surface area contributed by atoms with Crippen LogP contribution in [0.3, 0.4) is 0 Å². The Kier molecular flexibility index (Phi) is 5.46. The minimum Gasteiger partial charge on any atom is -0.385 e. The van der Waals surface area contributed by atoms with Crippen LogP contribution in [-0.2, 0) is 9.53 Å². The van der Waals surface area contributed by atoms with Gasteiger partial charge in [0.2, 0.25) is 5.91 Å². The molecule has 0 bridgehead atoms. The first-order valence-electron chi connectivity index (χ1n) is 6.07. The number of ether oxygens (including phenoxy) is 1. The van der Waals surface area contributed by atoms with E-state index < -0.39 is 0 Å². The van der Waals surface area contributed by atoms with Gasteiger partial charge in [0, 0.05) is 20.3 Å². The summed E-state index contributed by atoms with van der Waals surface area (Å²) >= 11 is 0. The molecule has 96 valence electrons. The summed E-state index contributed by atoms with van der Waals surface area (Å²) in [5.74, 6) is 2.35. The second-order valence-corrected chi connectivity index (χ2v) is 4.77. The summed E-state index contributed by atoms with van der Waals surface area (Å²) in [7, 11) is 1.72. The molecule has 0 aliphatic heterocycles. The van der Waals surface area contributed by atoms with E-state index in [9.17, 15) is 4.79 Å². The lowest BCUT2D eigenvalue weighted by atomic mass is 10.0. The van der Waals surface area contributed by atoms with E-state index in [0.717, 1.165) is 19.6 Å². The molecule has 17 heavy (non-hydrogen) atoms. The monoisotopic (exact) mass is 238 g/mol. The van der Waals surface area contributed by atoms with Gasteiger partial charge in [0.25, 0.3) is 0 Å². The van der Waals surface area contributed by atoms with Crippen molar-refractivity contribution in [2.24, 2.45) is 5.41 Å². The molecule has 1 aliphatic rings. The Morgan fingerprint density at radius 2 is 2.29 bits per heavy atom. The fraction of sp³-hybridized carbons (Fsp3) is 0.769. The summed E-state index contributed by atoms with van der Waals surface area (Å²) in [5.41, 5.74) is 0.358. The van der Waals surface area contributed by atoms with Crippen LogP contribution in [0.15, 0.2) is 0 Å². The van der Waals surface area contributed by atoms with Gasteiger partial charge in [-0.1, -0.05) is 5.92 Å². The number of rotatable bonds is 8. The Hall–Kier alpha value is -1.05. The molecule has 4 heteroatoms. The van der Waals surface area contributed by atoms with Gasteiger partial charge in [-0.05, 0) is 31.6 Å². The fourth-order valence-electron chi connectivity index (χ4n) is 1.76. The highest BCUT2D eigenvalue weighted by molar-refractivity contribution is 5.81. The molecule has 4 nitrogen and oxygen atoms in total. The van der Waals surface area contributed by atoms with Gasteiger partial charge in [0.15, 0.2) is 0 Å². The smallest absolute Gasteiger partial charge is 0.237 e. The van der Waals surface area contributed by atoms with Crippen LogP contribution in [0.2, 0.25) is 0 Å². The van der Waals surface area contributed by atoms with Gasteiger partial charge in [-0.2, -0.15) is 0 Å². The number of hydrogen-bond acceptors (Lipinski definition) is 3. The molecule has 1 atom stereocenters. The highest BCUT2D eigenvalue weighted by Crippen LogP contribution is 2.48. The van der Waals surface area contributed by atoms with Crippen molar-refractivity contribution in [1.29, 1.82) is 0 Å². The third-order valence-electron chi connectivity index (χ3n) is 3.33. The second-order valence-electron chi connectivity index (χ2n) is 4.77. The summed E-state index contributed by atoms with van der Waals surface area (Å²) in [6.07, 6.45) is 8.60. The van der Waals surface area contributed by atoms with Crippen LogP contribution in [0.1, 0.15) is 26.2 Å². The Bertz CT molecular complexity index is 292. The van der Waals surface area contributed by atoms with E-state index in [1.165, 1.54) is 12.8 Å². The summed E-state index contributed by atoms with van der Waals surface area (Å²) in [6.45, 7) is 3.82. The Balaban J connectivity index is 2.21. The maximum absolute atomic E-state index is 11.6. The Morgan fingerprint density at radius 1 is 1.59 bits per heavy atom. The fourth-order valence-corrected chi connectivity index (χ4v) is 1.76. The van der Waals surface area contributed by atoms with Crippen LogP contribution in [0.4, 0.5) is 0 Å². The average molecular weight is 238 g/mol. The molecule has 0 aromatic carbocycles. The van der Waals surface area contributed by atoms with Crippen molar-refractivity contribution in [1.82, 2.24) is 10.6 Å². The van der Waals surface area contributed by atoms with Gasteiger partial charge in [-0.25, -0.2) is 0 Å². The zero-order valence-electron chi connectivity index (χ0n) is 10.7. The van der Waals surface area contributed by atoms with E-state index in [1.807, 2.05) is 6.92 Å². The van der Waals surface area contributed by atoms with Crippen molar-refractivity contribution >= 4 is 5.91 Å². The lowest BCUT2D eigenvalue weighted by Gasteiger charge is -2.19. The molecule has 0 aromatic rings. The van der Waals surface area contributed by atoms with Gasteiger partial charge in [-0.15, -0.1) is 6.42 Å². The molecule has 0 radical (unpaired) electrons. The van der Waals surface area contributed by atoms with Gasteiger partial charge in [0.05, 0.1) is 12.6 Å². The largest absolute Gasteiger partial charge is 0.385 e. The molecule has 1 rings (SSSR count). The number of methoxy groups -OCH3 is 1. The van der Waals surface area contributed by atoms with E-state index in [-0.39, 0.29) is 11.9 Å². The van der Waals surface area contributed by atoms with Crippen LogP contribution < -0.4 is 10.6 Å². The zero-order chi connectivity index (χ0) is 12.7. The molecule has 1 fully saturated rings. The lowest BCUT2D eigenvalue weighted by Crippen LogP contribution is -2.44. The van der Waals surface area contributed by atoms with E-state index in [0.29, 0.717) is 12.0 Å². The minimum atomic E-state index is -0.191. The zero-order valence-corrected chi connectivity index (χ0v) is 10.7. The number of carbonyl (C=O) groups is 1. The SMILES string of the molecule is C#CCNC(=O)C(C)NCC1(CCOC)CC1. The van der Waals surface area contributed by atoms with E-state index in [2.05, 4.69) is 16.6 Å². The Morgan fingerprint density at radius 3 is 2.82 bits per heavy atom. The van der Waals surface area contributed by atoms with Crippen LogP contribution in [0, 0.1) is 17.8 Å². The number of amides is 1. The van der Waals surface area contributed by atoms with E-state index >= 15 is 0 Å². The van der Waals surface area contributed by atoms with Crippen molar-refractivity contribution in [2.45, 2.75) is 32.2 Å². The lowest BCUT2D eigenvalue weighted by molar-refractivity contribution is -0.122. The quantitative estimate of drug-likeness (QED) is 0.607. The van der Waals surface area contributed by atoms with E-state index in [1.54, 1.807) is 7.11 Å².